The van der Waals surface area contributed by atoms with E-state index in [4.69, 9.17) is 5.73 Å². The molecule has 0 aliphatic rings. The minimum atomic E-state index is 0.213. The summed E-state index contributed by atoms with van der Waals surface area (Å²) >= 11 is 0. The molecule has 0 fully saturated rings. The summed E-state index contributed by atoms with van der Waals surface area (Å²) < 4.78 is 0. The topological polar surface area (TPSA) is 46.3 Å². The Morgan fingerprint density at radius 1 is 1.18 bits per heavy atom. The van der Waals surface area contributed by atoms with E-state index in [2.05, 4.69) is 27.7 Å². The molecule has 102 valence electrons. The van der Waals surface area contributed by atoms with E-state index < -0.39 is 0 Å². The van der Waals surface area contributed by atoms with Gasteiger partial charge in [-0.2, -0.15) is 0 Å². The molecule has 0 aliphatic carbocycles. The van der Waals surface area contributed by atoms with Crippen LogP contribution in [0.3, 0.4) is 0 Å². The molecule has 0 atom stereocenters. The smallest absolute Gasteiger partial charge is 0.225 e. The Morgan fingerprint density at radius 2 is 1.71 bits per heavy atom. The van der Waals surface area contributed by atoms with E-state index in [1.165, 1.54) is 0 Å². The van der Waals surface area contributed by atoms with E-state index in [-0.39, 0.29) is 12.0 Å². The van der Waals surface area contributed by atoms with Crippen LogP contribution in [0.1, 0.15) is 59.8 Å². The van der Waals surface area contributed by atoms with Gasteiger partial charge < -0.3 is 10.6 Å². The van der Waals surface area contributed by atoms with E-state index in [1.807, 2.05) is 4.90 Å². The highest BCUT2D eigenvalue weighted by Gasteiger charge is 2.24. The molecule has 17 heavy (non-hydrogen) atoms. The first-order valence-electron chi connectivity index (χ1n) is 7.08. The Balaban J connectivity index is 4.52. The lowest BCUT2D eigenvalue weighted by Crippen LogP contribution is -2.42. The number of hydrogen-bond donors (Lipinski definition) is 1. The molecule has 0 bridgehead atoms. The molecule has 0 saturated carbocycles. The van der Waals surface area contributed by atoms with Gasteiger partial charge in [-0.1, -0.05) is 26.7 Å². The monoisotopic (exact) mass is 242 g/mol. The Morgan fingerprint density at radius 3 is 2.06 bits per heavy atom. The average molecular weight is 242 g/mol. The van der Waals surface area contributed by atoms with Gasteiger partial charge in [0.1, 0.15) is 0 Å². The van der Waals surface area contributed by atoms with E-state index in [1.54, 1.807) is 0 Å². The van der Waals surface area contributed by atoms with Crippen molar-refractivity contribution < 1.29 is 4.79 Å². The predicted octanol–water partition coefficient (Wildman–Crippen LogP) is 2.79. The van der Waals surface area contributed by atoms with Gasteiger partial charge in [-0.3, -0.25) is 4.79 Å². The fourth-order valence-corrected chi connectivity index (χ4v) is 2.21. The molecule has 0 heterocycles. The maximum atomic E-state index is 12.5. The normalized spacial score (nSPS) is 11.2. The van der Waals surface area contributed by atoms with Gasteiger partial charge in [0.15, 0.2) is 0 Å². The summed E-state index contributed by atoms with van der Waals surface area (Å²) in [5.41, 5.74) is 5.53. The van der Waals surface area contributed by atoms with Gasteiger partial charge in [0, 0.05) is 18.5 Å². The zero-order chi connectivity index (χ0) is 13.3. The van der Waals surface area contributed by atoms with Crippen molar-refractivity contribution in [2.45, 2.75) is 65.8 Å². The Hall–Kier alpha value is -0.570. The van der Waals surface area contributed by atoms with Crippen molar-refractivity contribution in [3.63, 3.8) is 0 Å². The number of nitrogens with zero attached hydrogens (tertiary/aromatic N) is 1. The largest absolute Gasteiger partial charge is 0.340 e. The van der Waals surface area contributed by atoms with Crippen LogP contribution in [0.15, 0.2) is 0 Å². The lowest BCUT2D eigenvalue weighted by Gasteiger charge is -2.30. The minimum Gasteiger partial charge on any atom is -0.340 e. The Labute approximate surface area is 107 Å². The summed E-state index contributed by atoms with van der Waals surface area (Å²) in [7, 11) is 0. The van der Waals surface area contributed by atoms with Crippen molar-refractivity contribution in [3.05, 3.63) is 0 Å². The van der Waals surface area contributed by atoms with Crippen LogP contribution in [0.25, 0.3) is 0 Å². The summed E-state index contributed by atoms with van der Waals surface area (Å²) in [4.78, 5) is 14.5. The van der Waals surface area contributed by atoms with Crippen molar-refractivity contribution >= 4 is 5.91 Å². The summed E-state index contributed by atoms with van der Waals surface area (Å²) in [5, 5.41) is 0. The first-order chi connectivity index (χ1) is 8.08. The van der Waals surface area contributed by atoms with Crippen LogP contribution in [0.5, 0.6) is 0 Å². The zero-order valence-corrected chi connectivity index (χ0v) is 12.0. The van der Waals surface area contributed by atoms with Crippen LogP contribution >= 0.6 is 0 Å². The van der Waals surface area contributed by atoms with Gasteiger partial charge in [0.2, 0.25) is 5.91 Å². The molecule has 2 N–H and O–H groups in total. The van der Waals surface area contributed by atoms with Gasteiger partial charge in [-0.05, 0) is 39.7 Å². The summed E-state index contributed by atoms with van der Waals surface area (Å²) in [5.74, 6) is 0.544. The highest BCUT2D eigenvalue weighted by molar-refractivity contribution is 5.79. The molecule has 0 aromatic carbocycles. The van der Waals surface area contributed by atoms with Crippen molar-refractivity contribution in [3.8, 4) is 0 Å². The molecule has 0 saturated heterocycles. The molecule has 3 nitrogen and oxygen atoms in total. The Kier molecular flexibility index (Phi) is 9.14. The summed E-state index contributed by atoms with van der Waals surface area (Å²) in [6.45, 7) is 9.93. The van der Waals surface area contributed by atoms with Gasteiger partial charge in [-0.15, -0.1) is 0 Å². The van der Waals surface area contributed by atoms with Crippen LogP contribution in [-0.2, 0) is 4.79 Å². The quantitative estimate of drug-likeness (QED) is 0.676. The van der Waals surface area contributed by atoms with Crippen molar-refractivity contribution in [1.82, 2.24) is 4.90 Å². The van der Waals surface area contributed by atoms with E-state index >= 15 is 0 Å². The van der Waals surface area contributed by atoms with Gasteiger partial charge in [0.05, 0.1) is 0 Å². The highest BCUT2D eigenvalue weighted by Crippen LogP contribution is 2.18. The highest BCUT2D eigenvalue weighted by atomic mass is 16.2. The van der Waals surface area contributed by atoms with Crippen LogP contribution in [0.4, 0.5) is 0 Å². The molecule has 0 radical (unpaired) electrons. The molecule has 0 aliphatic heterocycles. The number of nitrogens with two attached hydrogens (primary N) is 1. The van der Waals surface area contributed by atoms with Crippen LogP contribution in [0.2, 0.25) is 0 Å². The average Bonchev–Trinajstić information content (AvgIpc) is 2.28. The van der Waals surface area contributed by atoms with Gasteiger partial charge in [0.25, 0.3) is 0 Å². The number of carbonyl (C=O) groups is 1. The maximum Gasteiger partial charge on any atom is 0.225 e. The third kappa shape index (κ3) is 6.06. The second-order valence-corrected chi connectivity index (χ2v) is 5.04. The molecule has 0 aromatic heterocycles. The SMILES string of the molecule is CCCC(CCC)C(=O)N(CCCN)C(C)C. The molecule has 0 aromatic rings. The molecule has 3 heteroatoms. The summed E-state index contributed by atoms with van der Waals surface area (Å²) in [6.07, 6.45) is 5.09. The van der Waals surface area contributed by atoms with E-state index in [9.17, 15) is 4.79 Å². The lowest BCUT2D eigenvalue weighted by molar-refractivity contribution is -0.137. The van der Waals surface area contributed by atoms with E-state index in [0.717, 1.165) is 38.6 Å². The first kappa shape index (κ1) is 16.4. The predicted molar refractivity (Wildman–Crippen MR) is 73.8 cm³/mol. The standard InChI is InChI=1S/C14H30N2O/c1-5-8-13(9-6-2)14(17)16(12(3)4)11-7-10-15/h12-13H,5-11,15H2,1-4H3. The van der Waals surface area contributed by atoms with Crippen molar-refractivity contribution in [1.29, 1.82) is 0 Å². The van der Waals surface area contributed by atoms with Crippen LogP contribution in [0, 0.1) is 5.92 Å². The second-order valence-electron chi connectivity index (χ2n) is 5.04. The van der Waals surface area contributed by atoms with Gasteiger partial charge in [-0.25, -0.2) is 0 Å². The summed E-state index contributed by atoms with van der Waals surface area (Å²) in [6, 6.07) is 0.283. The van der Waals surface area contributed by atoms with Crippen molar-refractivity contribution in [2.24, 2.45) is 11.7 Å². The molecule has 1 amide bonds. The van der Waals surface area contributed by atoms with Crippen molar-refractivity contribution in [2.75, 3.05) is 13.1 Å². The molecule has 0 spiro atoms. The third-order valence-electron chi connectivity index (χ3n) is 3.13. The fourth-order valence-electron chi connectivity index (χ4n) is 2.21. The lowest BCUT2D eigenvalue weighted by atomic mass is 9.96. The number of carbonyl (C=O) groups excluding carboxylic acids is 1. The molecule has 0 rings (SSSR count). The molecule has 0 unspecified atom stereocenters. The third-order valence-corrected chi connectivity index (χ3v) is 3.13. The van der Waals surface area contributed by atoms with Gasteiger partial charge >= 0.3 is 0 Å². The second kappa shape index (κ2) is 9.46. The molecular formula is C14H30N2O. The molecular weight excluding hydrogens is 212 g/mol. The zero-order valence-electron chi connectivity index (χ0n) is 12.0. The number of amides is 1. The van der Waals surface area contributed by atoms with E-state index in [0.29, 0.717) is 12.5 Å². The van der Waals surface area contributed by atoms with Crippen LogP contribution < -0.4 is 5.73 Å². The fraction of sp³-hybridized carbons (Fsp3) is 0.929. The Bertz CT molecular complexity index is 198. The number of rotatable bonds is 9. The minimum absolute atomic E-state index is 0.213. The number of hydrogen-bond acceptors (Lipinski definition) is 2. The maximum absolute atomic E-state index is 12.5. The van der Waals surface area contributed by atoms with Crippen LogP contribution in [-0.4, -0.2) is 29.9 Å². The first-order valence-corrected chi connectivity index (χ1v) is 7.08.